The Kier molecular flexibility index (Phi) is 7.30. The maximum atomic E-state index is 12.9. The molecule has 0 fully saturated rings. The van der Waals surface area contributed by atoms with Gasteiger partial charge < -0.3 is 4.74 Å². The van der Waals surface area contributed by atoms with Crippen LogP contribution in [-0.2, 0) is 9.53 Å². The Morgan fingerprint density at radius 3 is 1.91 bits per heavy atom. The van der Waals surface area contributed by atoms with Crippen LogP contribution in [0.1, 0.15) is 33.6 Å². The molecule has 0 aromatic rings. The van der Waals surface area contributed by atoms with Crippen LogP contribution >= 0.6 is 0 Å². The van der Waals surface area contributed by atoms with Crippen molar-refractivity contribution < 1.29 is 40.3 Å². The normalized spacial score (nSPS) is 13.7. The average molecular weight is 350 g/mol. The number of hydrogen-bond donors (Lipinski definition) is 0. The number of carbonyl (C=O) groups excluding carboxylic acids is 1. The first-order valence-electron chi connectivity index (χ1n) is 6.52. The summed E-state index contributed by atoms with van der Waals surface area (Å²) in [6.45, 7) is 4.49. The molecule has 0 atom stereocenters. The van der Waals surface area contributed by atoms with Gasteiger partial charge in [-0.25, -0.2) is 4.79 Å². The molecular weight excluding hydrogens is 333 g/mol. The summed E-state index contributed by atoms with van der Waals surface area (Å²) in [5.41, 5.74) is 1.67. The van der Waals surface area contributed by atoms with E-state index in [1.165, 1.54) is 6.08 Å². The highest BCUT2D eigenvalue weighted by Gasteiger charge is 2.77. The van der Waals surface area contributed by atoms with E-state index in [0.29, 0.717) is 18.4 Å². The topological polar surface area (TPSA) is 26.3 Å². The number of allylic oxidation sites excluding steroid dienone is 3. The molecule has 2 nitrogen and oxygen atoms in total. The van der Waals surface area contributed by atoms with Gasteiger partial charge in [0.15, 0.2) is 0 Å². The SMILES string of the molecule is CC(C)=CCC/C(C)=C\COC(=O)C(F)(F)C(F)(F)C(F)(F)F. The molecule has 0 heterocycles. The van der Waals surface area contributed by atoms with Gasteiger partial charge in [-0.2, -0.15) is 30.7 Å². The van der Waals surface area contributed by atoms with Crippen molar-refractivity contribution in [1.82, 2.24) is 0 Å². The second-order valence-electron chi connectivity index (χ2n) is 5.12. The third-order valence-corrected chi connectivity index (χ3v) is 2.74. The first-order valence-corrected chi connectivity index (χ1v) is 6.52. The molecule has 0 aromatic carbocycles. The Labute approximate surface area is 129 Å². The molecule has 0 amide bonds. The van der Waals surface area contributed by atoms with Crippen LogP contribution in [0.5, 0.6) is 0 Å². The quantitative estimate of drug-likeness (QED) is 0.365. The molecule has 0 N–H and O–H groups in total. The van der Waals surface area contributed by atoms with Gasteiger partial charge in [0.2, 0.25) is 0 Å². The third-order valence-electron chi connectivity index (χ3n) is 2.74. The van der Waals surface area contributed by atoms with E-state index < -0.39 is 30.6 Å². The Morgan fingerprint density at radius 2 is 1.48 bits per heavy atom. The fourth-order valence-electron chi connectivity index (χ4n) is 1.35. The Bertz CT molecular complexity index is 472. The van der Waals surface area contributed by atoms with Crippen molar-refractivity contribution in [3.8, 4) is 0 Å². The molecule has 23 heavy (non-hydrogen) atoms. The highest BCUT2D eigenvalue weighted by molar-refractivity contribution is 5.79. The zero-order valence-electron chi connectivity index (χ0n) is 12.7. The molecule has 0 aromatic heterocycles. The van der Waals surface area contributed by atoms with Crippen molar-refractivity contribution in [3.63, 3.8) is 0 Å². The molecule has 134 valence electrons. The molecule has 0 radical (unpaired) electrons. The monoisotopic (exact) mass is 350 g/mol. The van der Waals surface area contributed by atoms with E-state index in [-0.39, 0.29) is 0 Å². The fourth-order valence-corrected chi connectivity index (χ4v) is 1.35. The molecule has 9 heteroatoms. The summed E-state index contributed by atoms with van der Waals surface area (Å²) in [6.07, 6.45) is -2.38. The van der Waals surface area contributed by atoms with Crippen LogP contribution in [0.4, 0.5) is 30.7 Å². The van der Waals surface area contributed by atoms with Crippen LogP contribution in [0.15, 0.2) is 23.3 Å². The van der Waals surface area contributed by atoms with E-state index in [0.717, 1.165) is 5.57 Å². The van der Waals surface area contributed by atoms with E-state index in [1.807, 2.05) is 19.9 Å². The van der Waals surface area contributed by atoms with Gasteiger partial charge in [-0.1, -0.05) is 17.2 Å². The number of ether oxygens (including phenoxy) is 1. The van der Waals surface area contributed by atoms with Crippen molar-refractivity contribution >= 4 is 5.97 Å². The molecule has 0 aliphatic carbocycles. The fraction of sp³-hybridized carbons (Fsp3) is 0.643. The zero-order valence-corrected chi connectivity index (χ0v) is 12.7. The molecule has 0 saturated heterocycles. The van der Waals surface area contributed by atoms with Crippen molar-refractivity contribution in [1.29, 1.82) is 0 Å². The third kappa shape index (κ3) is 5.87. The number of alkyl halides is 7. The lowest BCUT2D eigenvalue weighted by atomic mass is 10.1. The largest absolute Gasteiger partial charge is 0.460 e. The summed E-state index contributed by atoms with van der Waals surface area (Å²) in [4.78, 5) is 10.9. The second kappa shape index (κ2) is 7.83. The van der Waals surface area contributed by atoms with Crippen LogP contribution in [0.3, 0.4) is 0 Å². The van der Waals surface area contributed by atoms with Crippen LogP contribution in [0.2, 0.25) is 0 Å². The maximum Gasteiger partial charge on any atom is 0.460 e. The predicted molar refractivity (Wildman–Crippen MR) is 69.3 cm³/mol. The minimum absolute atomic E-state index is 0.498. The number of esters is 1. The minimum Gasteiger partial charge on any atom is -0.457 e. The van der Waals surface area contributed by atoms with E-state index in [2.05, 4.69) is 4.74 Å². The Balaban J connectivity index is 4.69. The van der Waals surface area contributed by atoms with Crippen molar-refractivity contribution in [3.05, 3.63) is 23.3 Å². The van der Waals surface area contributed by atoms with Crippen molar-refractivity contribution in [2.45, 2.75) is 51.6 Å². The van der Waals surface area contributed by atoms with Gasteiger partial charge in [-0.05, 0) is 39.7 Å². The smallest absolute Gasteiger partial charge is 0.457 e. The standard InChI is InChI=1S/C14H17F7O2/c1-9(2)5-4-6-10(3)7-8-23-11(22)12(15,16)13(17,18)14(19,20)21/h5,7H,4,6,8H2,1-3H3/b10-7-. The predicted octanol–water partition coefficient (Wildman–Crippen LogP) is 5.06. The highest BCUT2D eigenvalue weighted by atomic mass is 19.4. The van der Waals surface area contributed by atoms with Crippen LogP contribution < -0.4 is 0 Å². The number of halogens is 7. The maximum absolute atomic E-state index is 12.9. The van der Waals surface area contributed by atoms with E-state index in [1.54, 1.807) is 6.92 Å². The molecule has 0 unspecified atom stereocenters. The number of rotatable bonds is 7. The van der Waals surface area contributed by atoms with E-state index in [9.17, 15) is 35.5 Å². The van der Waals surface area contributed by atoms with Crippen molar-refractivity contribution in [2.24, 2.45) is 0 Å². The van der Waals surface area contributed by atoms with Gasteiger partial charge in [0, 0.05) is 0 Å². The molecule has 0 bridgehead atoms. The molecule has 0 aliphatic rings. The summed E-state index contributed by atoms with van der Waals surface area (Å²) >= 11 is 0. The lowest BCUT2D eigenvalue weighted by Crippen LogP contribution is -2.56. The van der Waals surface area contributed by atoms with E-state index >= 15 is 0 Å². The summed E-state index contributed by atoms with van der Waals surface area (Å²) < 4.78 is 90.5. The second-order valence-corrected chi connectivity index (χ2v) is 5.12. The lowest BCUT2D eigenvalue weighted by Gasteiger charge is -2.26. The Hall–Kier alpha value is -1.54. The van der Waals surface area contributed by atoms with Gasteiger partial charge >= 0.3 is 24.0 Å². The van der Waals surface area contributed by atoms with Crippen LogP contribution in [-0.4, -0.2) is 30.6 Å². The highest BCUT2D eigenvalue weighted by Crippen LogP contribution is 2.46. The van der Waals surface area contributed by atoms with Gasteiger partial charge in [0.25, 0.3) is 0 Å². The lowest BCUT2D eigenvalue weighted by molar-refractivity contribution is -0.348. The molecule has 0 aliphatic heterocycles. The summed E-state index contributed by atoms with van der Waals surface area (Å²) in [5, 5.41) is 0. The molecule has 0 spiro atoms. The molecule has 0 saturated carbocycles. The molecular formula is C14H17F7O2. The van der Waals surface area contributed by atoms with Gasteiger partial charge in [0.05, 0.1) is 0 Å². The van der Waals surface area contributed by atoms with E-state index in [4.69, 9.17) is 0 Å². The molecule has 0 rings (SSSR count). The van der Waals surface area contributed by atoms with Gasteiger partial charge in [-0.15, -0.1) is 0 Å². The summed E-state index contributed by atoms with van der Waals surface area (Å²) in [7, 11) is 0. The van der Waals surface area contributed by atoms with Gasteiger partial charge in [-0.3, -0.25) is 0 Å². The first kappa shape index (κ1) is 21.5. The number of hydrogen-bond acceptors (Lipinski definition) is 2. The van der Waals surface area contributed by atoms with Crippen LogP contribution in [0, 0.1) is 0 Å². The van der Waals surface area contributed by atoms with Crippen molar-refractivity contribution in [2.75, 3.05) is 6.61 Å². The van der Waals surface area contributed by atoms with Gasteiger partial charge in [0.1, 0.15) is 6.61 Å². The first-order chi connectivity index (χ1) is 10.2. The Morgan fingerprint density at radius 1 is 0.957 bits per heavy atom. The van der Waals surface area contributed by atoms with Crippen LogP contribution in [0.25, 0.3) is 0 Å². The zero-order chi connectivity index (χ0) is 18.5. The summed E-state index contributed by atoms with van der Waals surface area (Å²) in [5.74, 6) is -15.4. The number of carbonyl (C=O) groups is 1. The summed E-state index contributed by atoms with van der Waals surface area (Å²) in [6, 6.07) is 0. The average Bonchev–Trinajstić information content (AvgIpc) is 2.36. The minimum atomic E-state index is -6.56.